The minimum Gasteiger partial charge on any atom is -0.507 e. The molecule has 5 heteroatoms. The summed E-state index contributed by atoms with van der Waals surface area (Å²) in [6.45, 7) is 3.67. The molecule has 4 aromatic rings. The number of benzene rings is 3. The second kappa shape index (κ2) is 5.99. The molecule has 0 radical (unpaired) electrons. The van der Waals surface area contributed by atoms with Gasteiger partial charge in [0.1, 0.15) is 11.3 Å². The summed E-state index contributed by atoms with van der Waals surface area (Å²) in [6.07, 6.45) is 0. The van der Waals surface area contributed by atoms with Crippen LogP contribution in [0.25, 0.3) is 21.9 Å². The quantitative estimate of drug-likeness (QED) is 0.413. The topological polar surface area (TPSA) is 87.7 Å². The fourth-order valence-corrected chi connectivity index (χ4v) is 3.18. The van der Waals surface area contributed by atoms with Crippen LogP contribution >= 0.6 is 0 Å². The van der Waals surface area contributed by atoms with Crippen LogP contribution < -0.4 is 5.43 Å². The predicted octanol–water partition coefficient (Wildman–Crippen LogP) is 4.21. The molecule has 134 valence electrons. The van der Waals surface area contributed by atoms with Gasteiger partial charge in [0, 0.05) is 0 Å². The number of hydrogen-bond acceptors (Lipinski definition) is 5. The van der Waals surface area contributed by atoms with Crippen molar-refractivity contribution in [1.82, 2.24) is 0 Å². The van der Waals surface area contributed by atoms with E-state index >= 15 is 0 Å². The molecule has 0 spiro atoms. The van der Waals surface area contributed by atoms with Crippen LogP contribution in [-0.4, -0.2) is 16.0 Å². The number of rotatable bonds is 2. The van der Waals surface area contributed by atoms with Gasteiger partial charge in [0.2, 0.25) is 11.2 Å². The van der Waals surface area contributed by atoms with Gasteiger partial charge in [-0.2, -0.15) is 0 Å². The molecule has 0 aliphatic rings. The molecular weight excluding hydrogens is 344 g/mol. The van der Waals surface area contributed by atoms with Crippen LogP contribution in [0.15, 0.2) is 57.7 Å². The zero-order chi connectivity index (χ0) is 19.3. The highest BCUT2D eigenvalue weighted by atomic mass is 16.4. The Morgan fingerprint density at radius 2 is 1.56 bits per heavy atom. The zero-order valence-electron chi connectivity index (χ0n) is 14.7. The van der Waals surface area contributed by atoms with Gasteiger partial charge in [-0.3, -0.25) is 9.59 Å². The van der Waals surface area contributed by atoms with Gasteiger partial charge >= 0.3 is 0 Å². The van der Waals surface area contributed by atoms with Crippen LogP contribution in [0, 0.1) is 13.8 Å². The average molecular weight is 360 g/mol. The monoisotopic (exact) mass is 360 g/mol. The van der Waals surface area contributed by atoms with Crippen molar-refractivity contribution in [3.63, 3.8) is 0 Å². The first kappa shape index (κ1) is 16.8. The first-order valence-electron chi connectivity index (χ1n) is 8.40. The standard InChI is InChI=1S/C22H16O5/c1-11-3-7-17(23)15(9-11)19(24)13-5-6-14-20(25)16-10-12(2)4-8-18(16)27-22(14)21(13)26/h3-10,23,26H,1-2H3. The lowest BCUT2D eigenvalue weighted by atomic mass is 9.98. The van der Waals surface area contributed by atoms with Gasteiger partial charge < -0.3 is 14.6 Å². The Kier molecular flexibility index (Phi) is 3.73. The van der Waals surface area contributed by atoms with Crippen LogP contribution in [0.2, 0.25) is 0 Å². The van der Waals surface area contributed by atoms with Crippen molar-refractivity contribution in [2.75, 3.05) is 0 Å². The van der Waals surface area contributed by atoms with Crippen LogP contribution in [0.1, 0.15) is 27.0 Å². The van der Waals surface area contributed by atoms with Crippen molar-refractivity contribution in [3.8, 4) is 11.5 Å². The number of fused-ring (bicyclic) bond motifs is 2. The number of phenolic OH excluding ortho intramolecular Hbond substituents is 2. The maximum Gasteiger partial charge on any atom is 0.200 e. The Hall–Kier alpha value is -3.60. The minimum absolute atomic E-state index is 0.0435. The molecule has 0 aliphatic carbocycles. The zero-order valence-corrected chi connectivity index (χ0v) is 14.7. The van der Waals surface area contributed by atoms with Gasteiger partial charge in [-0.25, -0.2) is 0 Å². The molecular formula is C22H16O5. The Balaban J connectivity index is 1.98. The van der Waals surface area contributed by atoms with Gasteiger partial charge in [-0.05, 0) is 50.2 Å². The van der Waals surface area contributed by atoms with Crippen molar-refractivity contribution < 1.29 is 19.4 Å². The number of aromatic hydroxyl groups is 2. The summed E-state index contributed by atoms with van der Waals surface area (Å²) >= 11 is 0. The van der Waals surface area contributed by atoms with E-state index in [-0.39, 0.29) is 33.3 Å². The van der Waals surface area contributed by atoms with Crippen LogP contribution in [0.4, 0.5) is 0 Å². The smallest absolute Gasteiger partial charge is 0.200 e. The molecule has 0 unspecified atom stereocenters. The van der Waals surface area contributed by atoms with E-state index in [1.165, 1.54) is 18.2 Å². The highest BCUT2D eigenvalue weighted by Gasteiger charge is 2.21. The summed E-state index contributed by atoms with van der Waals surface area (Å²) in [5.74, 6) is -1.15. The third-order valence-corrected chi connectivity index (χ3v) is 4.61. The van der Waals surface area contributed by atoms with Crippen molar-refractivity contribution in [1.29, 1.82) is 0 Å². The SMILES string of the molecule is Cc1ccc(O)c(C(=O)c2ccc3c(=O)c4cc(C)ccc4oc3c2O)c1. The number of aryl methyl sites for hydroxylation is 2. The molecule has 0 amide bonds. The predicted molar refractivity (Wildman–Crippen MR) is 103 cm³/mol. The van der Waals surface area contributed by atoms with Crippen LogP contribution in [-0.2, 0) is 0 Å². The third-order valence-electron chi connectivity index (χ3n) is 4.61. The Morgan fingerprint density at radius 1 is 0.852 bits per heavy atom. The normalized spacial score (nSPS) is 11.2. The Bertz CT molecular complexity index is 1300. The first-order chi connectivity index (χ1) is 12.9. The molecule has 4 rings (SSSR count). The molecule has 0 bridgehead atoms. The van der Waals surface area contributed by atoms with Gasteiger partial charge in [-0.15, -0.1) is 0 Å². The summed E-state index contributed by atoms with van der Waals surface area (Å²) in [5, 5.41) is 21.3. The summed E-state index contributed by atoms with van der Waals surface area (Å²) < 4.78 is 5.73. The highest BCUT2D eigenvalue weighted by molar-refractivity contribution is 6.14. The fraction of sp³-hybridized carbons (Fsp3) is 0.0909. The van der Waals surface area contributed by atoms with Crippen molar-refractivity contribution in [3.05, 3.63) is 81.0 Å². The second-order valence-electron chi connectivity index (χ2n) is 6.62. The average Bonchev–Trinajstić information content (AvgIpc) is 2.65. The Labute approximate surface area is 154 Å². The molecule has 0 saturated carbocycles. The lowest BCUT2D eigenvalue weighted by Crippen LogP contribution is -2.06. The first-order valence-corrected chi connectivity index (χ1v) is 8.40. The van der Waals surface area contributed by atoms with Crippen molar-refractivity contribution in [2.24, 2.45) is 0 Å². The van der Waals surface area contributed by atoms with Gasteiger partial charge in [0.15, 0.2) is 11.3 Å². The highest BCUT2D eigenvalue weighted by Crippen LogP contribution is 2.33. The molecule has 0 fully saturated rings. The molecule has 5 nitrogen and oxygen atoms in total. The molecule has 1 heterocycles. The molecule has 3 aromatic carbocycles. The maximum absolute atomic E-state index is 12.8. The maximum atomic E-state index is 12.8. The lowest BCUT2D eigenvalue weighted by molar-refractivity contribution is 0.103. The molecule has 27 heavy (non-hydrogen) atoms. The van der Waals surface area contributed by atoms with E-state index < -0.39 is 11.5 Å². The van der Waals surface area contributed by atoms with Gasteiger partial charge in [0.25, 0.3) is 0 Å². The number of carbonyl (C=O) groups is 1. The summed E-state index contributed by atoms with van der Waals surface area (Å²) in [5.41, 5.74) is 1.75. The summed E-state index contributed by atoms with van der Waals surface area (Å²) in [7, 11) is 0. The minimum atomic E-state index is -0.553. The van der Waals surface area contributed by atoms with Gasteiger partial charge in [0.05, 0.1) is 21.9 Å². The van der Waals surface area contributed by atoms with E-state index in [0.717, 1.165) is 11.1 Å². The van der Waals surface area contributed by atoms with E-state index in [2.05, 4.69) is 0 Å². The van der Waals surface area contributed by atoms with E-state index in [1.54, 1.807) is 37.3 Å². The number of carbonyl (C=O) groups excluding carboxylic acids is 1. The van der Waals surface area contributed by atoms with E-state index in [1.807, 2.05) is 6.92 Å². The lowest BCUT2D eigenvalue weighted by Gasteiger charge is -2.09. The summed E-state index contributed by atoms with van der Waals surface area (Å²) in [4.78, 5) is 25.6. The third kappa shape index (κ3) is 2.64. The van der Waals surface area contributed by atoms with E-state index in [4.69, 9.17) is 4.42 Å². The molecule has 0 atom stereocenters. The van der Waals surface area contributed by atoms with E-state index in [9.17, 15) is 19.8 Å². The van der Waals surface area contributed by atoms with Crippen LogP contribution in [0.3, 0.4) is 0 Å². The van der Waals surface area contributed by atoms with Crippen molar-refractivity contribution in [2.45, 2.75) is 13.8 Å². The van der Waals surface area contributed by atoms with E-state index in [0.29, 0.717) is 11.0 Å². The van der Waals surface area contributed by atoms with Crippen molar-refractivity contribution >= 4 is 27.7 Å². The molecule has 2 N–H and O–H groups in total. The van der Waals surface area contributed by atoms with Crippen LogP contribution in [0.5, 0.6) is 11.5 Å². The second-order valence-corrected chi connectivity index (χ2v) is 6.62. The fourth-order valence-electron chi connectivity index (χ4n) is 3.18. The van der Waals surface area contributed by atoms with Gasteiger partial charge in [-0.1, -0.05) is 23.3 Å². The number of phenols is 2. The largest absolute Gasteiger partial charge is 0.507 e. The Morgan fingerprint density at radius 3 is 2.33 bits per heavy atom. The number of hydrogen-bond donors (Lipinski definition) is 2. The summed E-state index contributed by atoms with van der Waals surface area (Å²) in [6, 6.07) is 12.7. The molecule has 0 aliphatic heterocycles. The molecule has 1 aromatic heterocycles. The molecule has 0 saturated heterocycles. The number of ketones is 1.